The molecule has 2 rings (SSSR count). The Bertz CT molecular complexity index is 615. The molecule has 0 bridgehead atoms. The minimum atomic E-state index is -0.688. The SMILES string of the molecule is CC(C)NC(C#N)(CCn1cc(I)cn1)c1ccccc1. The molecule has 0 aliphatic rings. The smallest absolute Gasteiger partial charge is 0.134 e. The van der Waals surface area contributed by atoms with Crippen LogP contribution in [-0.4, -0.2) is 15.8 Å². The number of aryl methyl sites for hydroxylation is 1. The highest BCUT2D eigenvalue weighted by atomic mass is 127. The van der Waals surface area contributed by atoms with Gasteiger partial charge in [-0.05, 0) is 42.0 Å². The maximum absolute atomic E-state index is 9.82. The molecular weight excluding hydrogens is 375 g/mol. The first-order valence-electron chi connectivity index (χ1n) is 6.98. The van der Waals surface area contributed by atoms with E-state index in [1.165, 1.54) is 0 Å². The van der Waals surface area contributed by atoms with Crippen LogP contribution in [0.1, 0.15) is 25.8 Å². The maximum Gasteiger partial charge on any atom is 0.134 e. The van der Waals surface area contributed by atoms with Gasteiger partial charge in [-0.2, -0.15) is 10.4 Å². The summed E-state index contributed by atoms with van der Waals surface area (Å²) in [6.07, 6.45) is 4.49. The van der Waals surface area contributed by atoms with E-state index in [1.807, 2.05) is 47.4 Å². The minimum absolute atomic E-state index is 0.225. The molecule has 2 aromatic rings. The summed E-state index contributed by atoms with van der Waals surface area (Å²) in [6, 6.07) is 12.6. The first-order chi connectivity index (χ1) is 10.1. The van der Waals surface area contributed by atoms with Crippen molar-refractivity contribution in [2.45, 2.75) is 38.4 Å². The van der Waals surface area contributed by atoms with Gasteiger partial charge in [-0.3, -0.25) is 10.00 Å². The summed E-state index contributed by atoms with van der Waals surface area (Å²) in [6.45, 7) is 4.82. The molecule has 1 aromatic carbocycles. The Morgan fingerprint density at radius 1 is 1.38 bits per heavy atom. The van der Waals surface area contributed by atoms with Gasteiger partial charge in [-0.1, -0.05) is 30.3 Å². The second kappa shape index (κ2) is 7.05. The van der Waals surface area contributed by atoms with Crippen molar-refractivity contribution < 1.29 is 0 Å². The van der Waals surface area contributed by atoms with Crippen molar-refractivity contribution in [2.75, 3.05) is 0 Å². The van der Waals surface area contributed by atoms with E-state index in [4.69, 9.17) is 0 Å². The van der Waals surface area contributed by atoms with Crippen molar-refractivity contribution in [1.29, 1.82) is 5.26 Å². The van der Waals surface area contributed by atoms with E-state index in [2.05, 4.69) is 52.9 Å². The molecule has 1 N–H and O–H groups in total. The molecule has 110 valence electrons. The van der Waals surface area contributed by atoms with Crippen LogP contribution in [-0.2, 0) is 12.1 Å². The third-order valence-electron chi connectivity index (χ3n) is 3.31. The number of benzene rings is 1. The van der Waals surface area contributed by atoms with Gasteiger partial charge >= 0.3 is 0 Å². The first-order valence-corrected chi connectivity index (χ1v) is 8.06. The van der Waals surface area contributed by atoms with Crippen LogP contribution in [0.5, 0.6) is 0 Å². The molecule has 21 heavy (non-hydrogen) atoms. The van der Waals surface area contributed by atoms with E-state index in [0.717, 1.165) is 9.13 Å². The van der Waals surface area contributed by atoms with E-state index in [1.54, 1.807) is 0 Å². The summed E-state index contributed by atoms with van der Waals surface area (Å²) in [4.78, 5) is 0. The average molecular weight is 394 g/mol. The van der Waals surface area contributed by atoms with Crippen LogP contribution >= 0.6 is 22.6 Å². The zero-order valence-electron chi connectivity index (χ0n) is 12.3. The molecule has 1 unspecified atom stereocenters. The van der Waals surface area contributed by atoms with Crippen molar-refractivity contribution in [1.82, 2.24) is 15.1 Å². The number of aromatic nitrogens is 2. The fourth-order valence-corrected chi connectivity index (χ4v) is 2.86. The number of nitrogens with zero attached hydrogens (tertiary/aromatic N) is 3. The Hall–Kier alpha value is -1.39. The Kier molecular flexibility index (Phi) is 5.37. The molecule has 1 heterocycles. The van der Waals surface area contributed by atoms with Crippen molar-refractivity contribution in [3.05, 3.63) is 51.9 Å². The van der Waals surface area contributed by atoms with Gasteiger partial charge in [0, 0.05) is 25.2 Å². The third kappa shape index (κ3) is 4.05. The fourth-order valence-electron chi connectivity index (χ4n) is 2.41. The largest absolute Gasteiger partial charge is 0.293 e. The minimum Gasteiger partial charge on any atom is -0.293 e. The predicted molar refractivity (Wildman–Crippen MR) is 91.6 cm³/mol. The highest BCUT2D eigenvalue weighted by Crippen LogP contribution is 2.26. The quantitative estimate of drug-likeness (QED) is 0.766. The zero-order valence-corrected chi connectivity index (χ0v) is 14.4. The van der Waals surface area contributed by atoms with Gasteiger partial charge in [0.15, 0.2) is 0 Å². The van der Waals surface area contributed by atoms with Crippen LogP contribution in [0.4, 0.5) is 0 Å². The molecule has 0 fully saturated rings. The van der Waals surface area contributed by atoms with Crippen LogP contribution in [0.3, 0.4) is 0 Å². The van der Waals surface area contributed by atoms with Crippen LogP contribution in [0.2, 0.25) is 0 Å². The molecule has 0 aliphatic heterocycles. The summed E-state index contributed by atoms with van der Waals surface area (Å²) >= 11 is 2.24. The lowest BCUT2D eigenvalue weighted by molar-refractivity contribution is 0.337. The zero-order chi connectivity index (χ0) is 15.3. The molecule has 0 saturated carbocycles. The summed E-state index contributed by atoms with van der Waals surface area (Å²) < 4.78 is 2.99. The molecule has 1 aromatic heterocycles. The van der Waals surface area contributed by atoms with Gasteiger partial charge < -0.3 is 0 Å². The lowest BCUT2D eigenvalue weighted by Gasteiger charge is -2.30. The lowest BCUT2D eigenvalue weighted by atomic mass is 9.87. The lowest BCUT2D eigenvalue weighted by Crippen LogP contribution is -2.45. The molecule has 4 nitrogen and oxygen atoms in total. The van der Waals surface area contributed by atoms with Crippen LogP contribution in [0.15, 0.2) is 42.7 Å². The molecule has 0 saturated heterocycles. The Morgan fingerprint density at radius 2 is 2.10 bits per heavy atom. The second-order valence-electron chi connectivity index (χ2n) is 5.35. The summed E-state index contributed by atoms with van der Waals surface area (Å²) in [7, 11) is 0. The van der Waals surface area contributed by atoms with E-state index in [9.17, 15) is 5.26 Å². The normalized spacial score (nSPS) is 13.9. The van der Waals surface area contributed by atoms with Crippen LogP contribution in [0.25, 0.3) is 0 Å². The monoisotopic (exact) mass is 394 g/mol. The van der Waals surface area contributed by atoms with E-state index in [-0.39, 0.29) is 6.04 Å². The van der Waals surface area contributed by atoms with E-state index in [0.29, 0.717) is 13.0 Å². The summed E-state index contributed by atoms with van der Waals surface area (Å²) in [5, 5.41) is 17.5. The third-order valence-corrected chi connectivity index (χ3v) is 3.87. The summed E-state index contributed by atoms with van der Waals surface area (Å²) in [5.74, 6) is 0. The first kappa shape index (κ1) is 16.0. The van der Waals surface area contributed by atoms with Crippen molar-refractivity contribution in [3.63, 3.8) is 0 Å². The fraction of sp³-hybridized carbons (Fsp3) is 0.375. The Balaban J connectivity index is 2.25. The number of halogens is 1. The molecule has 0 radical (unpaired) electrons. The topological polar surface area (TPSA) is 53.6 Å². The average Bonchev–Trinajstić information content (AvgIpc) is 2.90. The van der Waals surface area contributed by atoms with Gasteiger partial charge in [0.05, 0.1) is 15.8 Å². The number of hydrogen-bond donors (Lipinski definition) is 1. The molecule has 5 heteroatoms. The molecule has 0 spiro atoms. The Labute approximate surface area is 139 Å². The maximum atomic E-state index is 9.82. The van der Waals surface area contributed by atoms with Gasteiger partial charge in [-0.25, -0.2) is 0 Å². The van der Waals surface area contributed by atoms with Crippen LogP contribution in [0, 0.1) is 14.9 Å². The molecular formula is C16H19IN4. The second-order valence-corrected chi connectivity index (χ2v) is 6.60. The standard InChI is InChI=1S/C16H19IN4/c1-13(2)20-16(12-18,14-6-4-3-5-7-14)8-9-21-11-15(17)10-19-21/h3-7,10-11,13,20H,8-9H2,1-2H3. The Morgan fingerprint density at radius 3 is 2.62 bits per heavy atom. The number of rotatable bonds is 6. The number of hydrogen-bond acceptors (Lipinski definition) is 3. The van der Waals surface area contributed by atoms with Crippen molar-refractivity contribution >= 4 is 22.6 Å². The highest BCUT2D eigenvalue weighted by Gasteiger charge is 2.32. The van der Waals surface area contributed by atoms with Crippen molar-refractivity contribution in [2.24, 2.45) is 0 Å². The highest BCUT2D eigenvalue weighted by molar-refractivity contribution is 14.1. The van der Waals surface area contributed by atoms with Crippen LogP contribution < -0.4 is 5.32 Å². The summed E-state index contributed by atoms with van der Waals surface area (Å²) in [5.41, 5.74) is 0.315. The molecule has 0 aliphatic carbocycles. The predicted octanol–water partition coefficient (Wildman–Crippen LogP) is 3.29. The van der Waals surface area contributed by atoms with Crippen molar-refractivity contribution in [3.8, 4) is 6.07 Å². The van der Waals surface area contributed by atoms with Gasteiger partial charge in [-0.15, -0.1) is 0 Å². The number of nitriles is 1. The number of nitrogens with one attached hydrogen (secondary N) is 1. The van der Waals surface area contributed by atoms with E-state index < -0.39 is 5.54 Å². The van der Waals surface area contributed by atoms with Gasteiger partial charge in [0.1, 0.15) is 5.54 Å². The molecule has 1 atom stereocenters. The van der Waals surface area contributed by atoms with Gasteiger partial charge in [0.2, 0.25) is 0 Å². The van der Waals surface area contributed by atoms with E-state index >= 15 is 0 Å². The molecule has 0 amide bonds. The van der Waals surface area contributed by atoms with Gasteiger partial charge in [0.25, 0.3) is 0 Å².